The molecule has 1 N–H and O–H groups in total. The number of aromatic nitrogens is 5. The minimum Gasteiger partial charge on any atom is -0.360 e. The summed E-state index contributed by atoms with van der Waals surface area (Å²) in [4.78, 5) is 14.9. The first-order valence-electron chi connectivity index (χ1n) is 12.6. The Labute approximate surface area is 216 Å². The van der Waals surface area contributed by atoms with Gasteiger partial charge in [0.2, 0.25) is 5.95 Å². The number of nitrogens with zero attached hydrogens (tertiary/aromatic N) is 5. The third kappa shape index (κ3) is 3.68. The van der Waals surface area contributed by atoms with Crippen molar-refractivity contribution in [1.29, 1.82) is 0 Å². The normalized spacial score (nSPS) is 13.4. The number of H-pyrrole nitrogens is 1. The number of hydrogen-bond donors (Lipinski definition) is 1. The standard InChI is InChI=1S/C29H29ClN6/c1-4-19-7-6-8-20(5-2)27(19)36-28(22-9-10-24(30)26-21(22)12-15-31-26)23-17-35(16-13-25(23)34-36)29-32-14-11-18(3)33-29/h6-12,14-15,31H,4-5,13,16-17H2,1-3H3. The van der Waals surface area contributed by atoms with Crippen LogP contribution in [0.25, 0.3) is 27.8 Å². The average Bonchev–Trinajstić information content (AvgIpc) is 3.54. The summed E-state index contributed by atoms with van der Waals surface area (Å²) in [5, 5.41) is 7.10. The Balaban J connectivity index is 1.62. The second kappa shape index (κ2) is 9.10. The van der Waals surface area contributed by atoms with Crippen molar-refractivity contribution >= 4 is 28.5 Å². The largest absolute Gasteiger partial charge is 0.360 e. The Hall–Kier alpha value is -3.64. The predicted octanol–water partition coefficient (Wildman–Crippen LogP) is 6.46. The molecular weight excluding hydrogens is 468 g/mol. The molecule has 4 heterocycles. The summed E-state index contributed by atoms with van der Waals surface area (Å²) in [6.07, 6.45) is 6.52. The Morgan fingerprint density at radius 3 is 2.58 bits per heavy atom. The summed E-state index contributed by atoms with van der Waals surface area (Å²) in [7, 11) is 0. The van der Waals surface area contributed by atoms with E-state index >= 15 is 0 Å². The van der Waals surface area contributed by atoms with Crippen LogP contribution in [0.4, 0.5) is 5.95 Å². The molecule has 0 amide bonds. The third-order valence-electron chi connectivity index (χ3n) is 7.20. The fourth-order valence-electron chi connectivity index (χ4n) is 5.39. The number of hydrogen-bond acceptors (Lipinski definition) is 4. The van der Waals surface area contributed by atoms with Crippen LogP contribution in [0.5, 0.6) is 0 Å². The van der Waals surface area contributed by atoms with Gasteiger partial charge < -0.3 is 9.88 Å². The molecule has 6 nitrogen and oxygen atoms in total. The minimum atomic E-state index is 0.707. The SMILES string of the molecule is CCc1cccc(CC)c1-n1nc2c(c1-c1ccc(Cl)c3[nH]ccc13)CN(c1nccc(C)n1)CC2. The second-order valence-electron chi connectivity index (χ2n) is 9.35. The van der Waals surface area contributed by atoms with Gasteiger partial charge in [-0.2, -0.15) is 5.10 Å². The molecule has 0 aliphatic carbocycles. The highest BCUT2D eigenvalue weighted by Gasteiger charge is 2.29. The molecule has 0 spiro atoms. The number of benzene rings is 2. The zero-order valence-electron chi connectivity index (χ0n) is 20.8. The molecule has 1 aliphatic heterocycles. The van der Waals surface area contributed by atoms with Crippen LogP contribution >= 0.6 is 11.6 Å². The van der Waals surface area contributed by atoms with E-state index in [1.54, 1.807) is 0 Å². The average molecular weight is 497 g/mol. The van der Waals surface area contributed by atoms with Crippen molar-refractivity contribution in [3.05, 3.63) is 88.0 Å². The summed E-state index contributed by atoms with van der Waals surface area (Å²) in [5.74, 6) is 0.769. The van der Waals surface area contributed by atoms with Crippen molar-refractivity contribution in [1.82, 2.24) is 24.7 Å². The van der Waals surface area contributed by atoms with Crippen LogP contribution in [0.1, 0.15) is 41.9 Å². The van der Waals surface area contributed by atoms with Gasteiger partial charge in [-0.25, -0.2) is 14.6 Å². The summed E-state index contributed by atoms with van der Waals surface area (Å²) in [6.45, 7) is 7.98. The van der Waals surface area contributed by atoms with Crippen molar-refractivity contribution in [3.63, 3.8) is 0 Å². The van der Waals surface area contributed by atoms with Gasteiger partial charge in [0.1, 0.15) is 0 Å². The molecule has 0 fully saturated rings. The molecule has 0 bridgehead atoms. The highest BCUT2D eigenvalue weighted by atomic mass is 35.5. The van der Waals surface area contributed by atoms with Gasteiger partial charge in [0.25, 0.3) is 0 Å². The molecule has 5 aromatic rings. The molecule has 7 heteroatoms. The van der Waals surface area contributed by atoms with E-state index in [9.17, 15) is 0 Å². The lowest BCUT2D eigenvalue weighted by atomic mass is 9.97. The molecule has 2 aromatic carbocycles. The lowest BCUT2D eigenvalue weighted by Crippen LogP contribution is -2.31. The van der Waals surface area contributed by atoms with Crippen LogP contribution in [0, 0.1) is 6.92 Å². The molecule has 0 saturated heterocycles. The Morgan fingerprint density at radius 2 is 1.83 bits per heavy atom. The molecule has 6 rings (SSSR count). The van der Waals surface area contributed by atoms with Crippen LogP contribution in [0.15, 0.2) is 54.9 Å². The van der Waals surface area contributed by atoms with Gasteiger partial charge in [-0.05, 0) is 49.1 Å². The maximum absolute atomic E-state index is 6.57. The molecule has 1 aliphatic rings. The number of aromatic amines is 1. The van der Waals surface area contributed by atoms with Crippen LogP contribution in [-0.4, -0.2) is 31.3 Å². The number of fused-ring (bicyclic) bond motifs is 2. The first-order chi connectivity index (χ1) is 17.6. The van der Waals surface area contributed by atoms with Gasteiger partial charge in [0, 0.05) is 54.1 Å². The van der Waals surface area contributed by atoms with Crippen LogP contribution in [0.3, 0.4) is 0 Å². The van der Waals surface area contributed by atoms with E-state index in [1.165, 1.54) is 22.4 Å². The molecule has 0 unspecified atom stereocenters. The number of anilines is 1. The van der Waals surface area contributed by atoms with E-state index in [0.717, 1.165) is 70.3 Å². The molecule has 36 heavy (non-hydrogen) atoms. The summed E-state index contributed by atoms with van der Waals surface area (Å²) in [6, 6.07) is 14.8. The molecular formula is C29H29ClN6. The third-order valence-corrected chi connectivity index (χ3v) is 7.52. The van der Waals surface area contributed by atoms with Gasteiger partial charge in [0.05, 0.1) is 27.6 Å². The Morgan fingerprint density at radius 1 is 1.03 bits per heavy atom. The summed E-state index contributed by atoms with van der Waals surface area (Å²) in [5.41, 5.74) is 10.3. The molecule has 3 aromatic heterocycles. The fourth-order valence-corrected chi connectivity index (χ4v) is 5.60. The topological polar surface area (TPSA) is 62.6 Å². The van der Waals surface area contributed by atoms with Gasteiger partial charge in [0.15, 0.2) is 0 Å². The monoisotopic (exact) mass is 496 g/mol. The van der Waals surface area contributed by atoms with Crippen LogP contribution in [-0.2, 0) is 25.8 Å². The van der Waals surface area contributed by atoms with Gasteiger partial charge in [-0.1, -0.05) is 49.7 Å². The molecule has 182 valence electrons. The number of aryl methyl sites for hydroxylation is 3. The van der Waals surface area contributed by atoms with E-state index in [1.807, 2.05) is 31.5 Å². The number of para-hydroxylation sites is 1. The Kier molecular flexibility index (Phi) is 5.76. The maximum Gasteiger partial charge on any atom is 0.225 e. The highest BCUT2D eigenvalue weighted by Crippen LogP contribution is 2.40. The minimum absolute atomic E-state index is 0.707. The van der Waals surface area contributed by atoms with Crippen molar-refractivity contribution < 1.29 is 0 Å². The Bertz CT molecular complexity index is 1560. The number of halogens is 1. The van der Waals surface area contributed by atoms with Gasteiger partial charge in [-0.15, -0.1) is 0 Å². The number of rotatable bonds is 5. The maximum atomic E-state index is 6.57. The molecule has 0 radical (unpaired) electrons. The van der Waals surface area contributed by atoms with Crippen LogP contribution in [0.2, 0.25) is 5.02 Å². The van der Waals surface area contributed by atoms with E-state index < -0.39 is 0 Å². The van der Waals surface area contributed by atoms with E-state index in [2.05, 4.69) is 63.7 Å². The van der Waals surface area contributed by atoms with Crippen molar-refractivity contribution in [2.24, 2.45) is 0 Å². The van der Waals surface area contributed by atoms with Crippen molar-refractivity contribution in [2.45, 2.75) is 46.6 Å². The lowest BCUT2D eigenvalue weighted by Gasteiger charge is -2.27. The zero-order valence-corrected chi connectivity index (χ0v) is 21.6. The molecule has 0 saturated carbocycles. The fraction of sp³-hybridized carbons (Fsp3) is 0.276. The lowest BCUT2D eigenvalue weighted by molar-refractivity contribution is 0.693. The summed E-state index contributed by atoms with van der Waals surface area (Å²) < 4.78 is 2.21. The number of nitrogens with one attached hydrogen (secondary N) is 1. The molecule has 0 atom stereocenters. The first-order valence-corrected chi connectivity index (χ1v) is 13.0. The predicted molar refractivity (Wildman–Crippen MR) is 146 cm³/mol. The summed E-state index contributed by atoms with van der Waals surface area (Å²) >= 11 is 6.57. The van der Waals surface area contributed by atoms with E-state index in [4.69, 9.17) is 21.7 Å². The van der Waals surface area contributed by atoms with E-state index in [-0.39, 0.29) is 0 Å². The first kappa shape index (κ1) is 22.8. The smallest absolute Gasteiger partial charge is 0.225 e. The van der Waals surface area contributed by atoms with Crippen molar-refractivity contribution in [3.8, 4) is 16.9 Å². The second-order valence-corrected chi connectivity index (χ2v) is 9.76. The van der Waals surface area contributed by atoms with Gasteiger partial charge in [-0.3, -0.25) is 0 Å². The van der Waals surface area contributed by atoms with E-state index in [0.29, 0.717) is 6.54 Å². The van der Waals surface area contributed by atoms with Gasteiger partial charge >= 0.3 is 0 Å². The van der Waals surface area contributed by atoms with Crippen molar-refractivity contribution in [2.75, 3.05) is 11.4 Å². The highest BCUT2D eigenvalue weighted by molar-refractivity contribution is 6.35. The quantitative estimate of drug-likeness (QED) is 0.303. The van der Waals surface area contributed by atoms with Crippen LogP contribution < -0.4 is 4.90 Å². The zero-order chi connectivity index (χ0) is 24.8.